The van der Waals surface area contributed by atoms with Crippen LogP contribution in [0.25, 0.3) is 6.08 Å². The number of rotatable bonds is 4. The number of fused-ring (bicyclic) bond motifs is 5. The number of methoxy groups -OCH3 is 2. The lowest BCUT2D eigenvalue weighted by Crippen LogP contribution is -2.48. The van der Waals surface area contributed by atoms with E-state index in [1.807, 2.05) is 35.3 Å². The summed E-state index contributed by atoms with van der Waals surface area (Å²) >= 11 is 6.28. The molecule has 0 saturated carbocycles. The Morgan fingerprint density at radius 3 is 2.22 bits per heavy atom. The van der Waals surface area contributed by atoms with Gasteiger partial charge in [0.2, 0.25) is 0 Å². The molecule has 1 aliphatic carbocycles. The fourth-order valence-corrected chi connectivity index (χ4v) is 6.70. The Morgan fingerprint density at radius 2 is 1.59 bits per heavy atom. The molecule has 2 heterocycles. The van der Waals surface area contributed by atoms with E-state index in [0.29, 0.717) is 33.2 Å². The predicted molar refractivity (Wildman–Crippen MR) is 141 cm³/mol. The molecule has 3 aromatic rings. The van der Waals surface area contributed by atoms with E-state index in [1.54, 1.807) is 49.6 Å². The first kappa shape index (κ1) is 23.5. The highest BCUT2D eigenvalue weighted by atomic mass is 35.5. The summed E-state index contributed by atoms with van der Waals surface area (Å²) in [6, 6.07) is 16.2. The molecule has 0 N–H and O–H groups in total. The number of carbonyl (C=O) groups excluding carboxylic acids is 3. The van der Waals surface area contributed by atoms with E-state index in [9.17, 15) is 14.4 Å². The molecule has 0 bridgehead atoms. The number of carbonyl (C=O) groups is 3. The number of anilines is 1. The smallest absolute Gasteiger partial charge is 0.180 e. The lowest BCUT2D eigenvalue weighted by atomic mass is 9.64. The number of hydrogen-bond acceptors (Lipinski definition) is 6. The molecule has 0 radical (unpaired) electrons. The van der Waals surface area contributed by atoms with Gasteiger partial charge in [0.05, 0.1) is 26.3 Å². The third kappa shape index (κ3) is 3.02. The quantitative estimate of drug-likeness (QED) is 0.436. The van der Waals surface area contributed by atoms with Crippen molar-refractivity contribution in [2.75, 3.05) is 19.1 Å². The van der Waals surface area contributed by atoms with Crippen molar-refractivity contribution in [2.24, 2.45) is 5.41 Å². The van der Waals surface area contributed by atoms with Gasteiger partial charge >= 0.3 is 0 Å². The van der Waals surface area contributed by atoms with Crippen LogP contribution < -0.4 is 14.4 Å². The summed E-state index contributed by atoms with van der Waals surface area (Å²) in [5, 5.41) is 0.562. The van der Waals surface area contributed by atoms with Crippen LogP contribution >= 0.6 is 11.6 Å². The van der Waals surface area contributed by atoms with E-state index in [0.717, 1.165) is 11.3 Å². The monoisotopic (exact) mass is 513 g/mol. The van der Waals surface area contributed by atoms with Gasteiger partial charge in [-0.2, -0.15) is 0 Å². The number of benzene rings is 3. The molecular weight excluding hydrogens is 490 g/mol. The number of hydrogen-bond donors (Lipinski definition) is 0. The number of halogens is 1. The molecule has 1 spiro atoms. The second-order valence-electron chi connectivity index (χ2n) is 9.63. The minimum Gasteiger partial charge on any atom is -0.493 e. The second kappa shape index (κ2) is 8.32. The fourth-order valence-electron chi connectivity index (χ4n) is 6.52. The maximum absolute atomic E-state index is 14.4. The van der Waals surface area contributed by atoms with Gasteiger partial charge in [-0.1, -0.05) is 54.1 Å². The van der Waals surface area contributed by atoms with Gasteiger partial charge in [-0.15, -0.1) is 0 Å². The second-order valence-corrected chi connectivity index (χ2v) is 10.1. The Bertz CT molecular complexity index is 1490. The van der Waals surface area contributed by atoms with E-state index in [1.165, 1.54) is 14.0 Å². The van der Waals surface area contributed by atoms with Crippen LogP contribution in [0.3, 0.4) is 0 Å². The van der Waals surface area contributed by atoms with Crippen molar-refractivity contribution in [1.29, 1.82) is 0 Å². The number of Topliss-reactive ketones (excluding diaryl/α,β-unsaturated/α-hetero) is 3. The Hall–Kier alpha value is -3.90. The summed E-state index contributed by atoms with van der Waals surface area (Å²) in [7, 11) is 3.07. The molecule has 37 heavy (non-hydrogen) atoms. The zero-order valence-electron chi connectivity index (χ0n) is 20.5. The average molecular weight is 514 g/mol. The molecule has 3 atom stereocenters. The Balaban J connectivity index is 1.67. The van der Waals surface area contributed by atoms with Gasteiger partial charge in [-0.3, -0.25) is 14.4 Å². The zero-order chi connectivity index (χ0) is 26.1. The Kier molecular flexibility index (Phi) is 5.28. The SMILES string of the molecule is COc1ccc([C@@H]2[C@@H](C(C)=O)N3c4ccc(Cl)cc4C=C[C@H]3C23C(=O)c2ccccc2C3=O)cc1OC. The van der Waals surface area contributed by atoms with Crippen LogP contribution in [0, 0.1) is 5.41 Å². The highest BCUT2D eigenvalue weighted by Crippen LogP contribution is 2.61. The minimum atomic E-state index is -1.53. The van der Waals surface area contributed by atoms with Crippen LogP contribution in [-0.4, -0.2) is 43.7 Å². The first-order valence-electron chi connectivity index (χ1n) is 12.0. The predicted octanol–water partition coefficient (Wildman–Crippen LogP) is 5.38. The molecule has 2 aliphatic heterocycles. The molecule has 3 aromatic carbocycles. The van der Waals surface area contributed by atoms with Crippen molar-refractivity contribution >= 4 is 40.7 Å². The van der Waals surface area contributed by atoms with Crippen molar-refractivity contribution in [3.63, 3.8) is 0 Å². The first-order valence-corrected chi connectivity index (χ1v) is 12.4. The summed E-state index contributed by atoms with van der Waals surface area (Å²) in [6.07, 6.45) is 3.76. The van der Waals surface area contributed by atoms with Crippen LogP contribution in [0.1, 0.15) is 44.7 Å². The number of ketones is 3. The van der Waals surface area contributed by atoms with Crippen molar-refractivity contribution in [2.45, 2.75) is 24.9 Å². The Morgan fingerprint density at radius 1 is 0.919 bits per heavy atom. The maximum Gasteiger partial charge on any atom is 0.180 e. The summed E-state index contributed by atoms with van der Waals surface area (Å²) in [5.41, 5.74) is 1.48. The van der Waals surface area contributed by atoms with Gasteiger partial charge < -0.3 is 14.4 Å². The van der Waals surface area contributed by atoms with Gasteiger partial charge in [0, 0.05) is 27.8 Å². The van der Waals surface area contributed by atoms with E-state index in [2.05, 4.69) is 0 Å². The van der Waals surface area contributed by atoms with E-state index in [-0.39, 0.29) is 17.3 Å². The molecule has 186 valence electrons. The van der Waals surface area contributed by atoms with Gasteiger partial charge in [0.25, 0.3) is 0 Å². The average Bonchev–Trinajstić information content (AvgIpc) is 3.34. The van der Waals surface area contributed by atoms with Crippen molar-refractivity contribution in [3.8, 4) is 11.5 Å². The van der Waals surface area contributed by atoms with Crippen LogP contribution in [0.5, 0.6) is 11.5 Å². The molecule has 1 saturated heterocycles. The van der Waals surface area contributed by atoms with Crippen LogP contribution in [0.2, 0.25) is 5.02 Å². The van der Waals surface area contributed by atoms with Crippen LogP contribution in [0.15, 0.2) is 66.7 Å². The lowest BCUT2D eigenvalue weighted by molar-refractivity contribution is -0.118. The largest absolute Gasteiger partial charge is 0.493 e. The number of ether oxygens (including phenoxy) is 2. The Labute approximate surface area is 219 Å². The van der Waals surface area contributed by atoms with Crippen molar-refractivity contribution < 1.29 is 23.9 Å². The maximum atomic E-state index is 14.4. The van der Waals surface area contributed by atoms with Crippen molar-refractivity contribution in [1.82, 2.24) is 0 Å². The molecule has 6 rings (SSSR count). The standard InChI is InChI=1S/C30H24ClNO5/c1-16(33)27-26(18-8-12-23(36-2)24(15-18)37-3)30(28(34)20-6-4-5-7-21(20)29(30)35)25-13-9-17-14-19(31)10-11-22(17)32(25)27/h4-15,25-27H,1-3H3/t25-,26+,27+/m0/s1. The minimum absolute atomic E-state index is 0.144. The molecule has 0 unspecified atom stereocenters. The summed E-state index contributed by atoms with van der Waals surface area (Å²) in [6.45, 7) is 1.51. The summed E-state index contributed by atoms with van der Waals surface area (Å²) in [5.74, 6) is -0.478. The molecule has 3 aliphatic rings. The third-order valence-electron chi connectivity index (χ3n) is 7.95. The summed E-state index contributed by atoms with van der Waals surface area (Å²) in [4.78, 5) is 44.3. The molecule has 6 nitrogen and oxygen atoms in total. The third-order valence-corrected chi connectivity index (χ3v) is 8.18. The molecule has 0 aromatic heterocycles. The fraction of sp³-hybridized carbons (Fsp3) is 0.233. The zero-order valence-corrected chi connectivity index (χ0v) is 21.3. The van der Waals surface area contributed by atoms with Gasteiger partial charge in [-0.05, 0) is 48.4 Å². The molecule has 1 fully saturated rings. The number of nitrogens with zero attached hydrogens (tertiary/aromatic N) is 1. The highest BCUT2D eigenvalue weighted by molar-refractivity contribution is 6.32. The van der Waals surface area contributed by atoms with Crippen LogP contribution in [0.4, 0.5) is 5.69 Å². The van der Waals surface area contributed by atoms with Crippen molar-refractivity contribution in [3.05, 3.63) is 94.0 Å². The topological polar surface area (TPSA) is 72.9 Å². The molecule has 0 amide bonds. The van der Waals surface area contributed by atoms with E-state index >= 15 is 0 Å². The normalized spacial score (nSPS) is 22.6. The van der Waals surface area contributed by atoms with Gasteiger partial charge in [0.15, 0.2) is 28.8 Å². The van der Waals surface area contributed by atoms with Gasteiger partial charge in [-0.25, -0.2) is 0 Å². The van der Waals surface area contributed by atoms with E-state index in [4.69, 9.17) is 21.1 Å². The molecular formula is C30H24ClNO5. The molecule has 7 heteroatoms. The van der Waals surface area contributed by atoms with Crippen LogP contribution in [-0.2, 0) is 4.79 Å². The first-order chi connectivity index (χ1) is 17.8. The highest BCUT2D eigenvalue weighted by Gasteiger charge is 2.71. The summed E-state index contributed by atoms with van der Waals surface area (Å²) < 4.78 is 11.0. The van der Waals surface area contributed by atoms with E-state index < -0.39 is 23.4 Å². The lowest BCUT2D eigenvalue weighted by Gasteiger charge is -2.37. The van der Waals surface area contributed by atoms with Gasteiger partial charge in [0.1, 0.15) is 5.41 Å².